The lowest BCUT2D eigenvalue weighted by Crippen LogP contribution is -2.08. The van der Waals surface area contributed by atoms with Gasteiger partial charge in [0.05, 0.1) is 11.5 Å². The van der Waals surface area contributed by atoms with Gasteiger partial charge in [0.15, 0.2) is 0 Å². The maximum Gasteiger partial charge on any atom is 0.344 e. The van der Waals surface area contributed by atoms with Crippen LogP contribution in [0.5, 0.6) is 0 Å². The quantitative estimate of drug-likeness (QED) is 0.658. The lowest BCUT2D eigenvalue weighted by Gasteiger charge is -2.10. The average Bonchev–Trinajstić information content (AvgIpc) is 2.12. The molecule has 0 N–H and O–H groups in total. The van der Waals surface area contributed by atoms with Crippen molar-refractivity contribution in [1.29, 1.82) is 0 Å². The van der Waals surface area contributed by atoms with Gasteiger partial charge in [-0.15, -0.1) is 11.8 Å². The molecule has 1 rings (SSSR count). The van der Waals surface area contributed by atoms with Crippen LogP contribution in [-0.4, -0.2) is 18.3 Å². The second kappa shape index (κ2) is 5.91. The SMILES string of the molecule is CCOC(=O)/C1=C(C)/C=C\CCCS1. The Morgan fingerprint density at radius 2 is 2.43 bits per heavy atom. The summed E-state index contributed by atoms with van der Waals surface area (Å²) >= 11 is 1.61. The average molecular weight is 212 g/mol. The van der Waals surface area contributed by atoms with E-state index in [1.54, 1.807) is 11.8 Å². The molecule has 2 nitrogen and oxygen atoms in total. The molecule has 0 aliphatic carbocycles. The van der Waals surface area contributed by atoms with E-state index in [4.69, 9.17) is 4.74 Å². The van der Waals surface area contributed by atoms with Crippen molar-refractivity contribution < 1.29 is 9.53 Å². The molecule has 0 amide bonds. The van der Waals surface area contributed by atoms with Crippen molar-refractivity contribution in [2.24, 2.45) is 0 Å². The van der Waals surface area contributed by atoms with Crippen LogP contribution in [0, 0.1) is 0 Å². The van der Waals surface area contributed by atoms with Crippen molar-refractivity contribution in [2.45, 2.75) is 26.7 Å². The number of rotatable bonds is 2. The van der Waals surface area contributed by atoms with Gasteiger partial charge in [-0.3, -0.25) is 0 Å². The maximum absolute atomic E-state index is 11.5. The number of esters is 1. The first-order valence-electron chi connectivity index (χ1n) is 4.93. The van der Waals surface area contributed by atoms with Crippen molar-refractivity contribution in [3.63, 3.8) is 0 Å². The molecule has 1 heterocycles. The van der Waals surface area contributed by atoms with E-state index in [0.717, 1.165) is 29.1 Å². The second-order valence-corrected chi connectivity index (χ2v) is 4.23. The number of carbonyl (C=O) groups is 1. The van der Waals surface area contributed by atoms with Crippen LogP contribution in [0.15, 0.2) is 22.6 Å². The van der Waals surface area contributed by atoms with E-state index in [1.807, 2.05) is 19.9 Å². The molecule has 14 heavy (non-hydrogen) atoms. The Morgan fingerprint density at radius 3 is 3.14 bits per heavy atom. The fraction of sp³-hybridized carbons (Fsp3) is 0.545. The van der Waals surface area contributed by atoms with E-state index in [1.165, 1.54) is 0 Å². The molecule has 78 valence electrons. The predicted octanol–water partition coefficient (Wildman–Crippen LogP) is 2.91. The first kappa shape index (κ1) is 11.4. The number of hydrogen-bond acceptors (Lipinski definition) is 3. The zero-order valence-corrected chi connectivity index (χ0v) is 9.52. The van der Waals surface area contributed by atoms with Gasteiger partial charge in [0.1, 0.15) is 0 Å². The summed E-state index contributed by atoms with van der Waals surface area (Å²) in [4.78, 5) is 12.3. The lowest BCUT2D eigenvalue weighted by atomic mass is 10.2. The summed E-state index contributed by atoms with van der Waals surface area (Å²) in [6.07, 6.45) is 6.35. The third-order valence-corrected chi connectivity index (χ3v) is 3.22. The van der Waals surface area contributed by atoms with Gasteiger partial charge in [-0.1, -0.05) is 12.2 Å². The highest BCUT2D eigenvalue weighted by molar-refractivity contribution is 8.04. The Kier molecular flexibility index (Phi) is 4.80. The Morgan fingerprint density at radius 1 is 1.64 bits per heavy atom. The molecule has 1 aliphatic rings. The van der Waals surface area contributed by atoms with Crippen molar-refractivity contribution in [1.82, 2.24) is 0 Å². The molecule has 0 aromatic rings. The summed E-state index contributed by atoms with van der Waals surface area (Å²) in [5.74, 6) is 0.817. The van der Waals surface area contributed by atoms with Crippen LogP contribution < -0.4 is 0 Å². The highest BCUT2D eigenvalue weighted by atomic mass is 32.2. The summed E-state index contributed by atoms with van der Waals surface area (Å²) in [6, 6.07) is 0. The largest absolute Gasteiger partial charge is 0.462 e. The number of thioether (sulfide) groups is 1. The molecule has 0 saturated carbocycles. The number of allylic oxidation sites excluding steroid dienone is 3. The molecular weight excluding hydrogens is 196 g/mol. The molecule has 0 spiro atoms. The van der Waals surface area contributed by atoms with Crippen LogP contribution in [0.3, 0.4) is 0 Å². The molecule has 0 atom stereocenters. The molecular formula is C11H16O2S. The van der Waals surface area contributed by atoms with E-state index in [2.05, 4.69) is 6.08 Å². The molecule has 0 bridgehead atoms. The minimum Gasteiger partial charge on any atom is -0.462 e. The normalized spacial score (nSPS) is 25.0. The number of hydrogen-bond donors (Lipinski definition) is 0. The number of carbonyl (C=O) groups excluding carboxylic acids is 1. The highest BCUT2D eigenvalue weighted by Gasteiger charge is 2.14. The topological polar surface area (TPSA) is 26.3 Å². The Balaban J connectivity index is 2.78. The molecule has 0 radical (unpaired) electrons. The van der Waals surface area contributed by atoms with E-state index in [-0.39, 0.29) is 5.97 Å². The standard InChI is InChI=1S/C11H16O2S/c1-3-13-11(12)10-9(2)7-5-4-6-8-14-10/h5,7H,3-4,6,8H2,1-2H3/b7-5-,10-9-. The van der Waals surface area contributed by atoms with Gasteiger partial charge in [-0.2, -0.15) is 0 Å². The minimum absolute atomic E-state index is 0.179. The van der Waals surface area contributed by atoms with Crippen LogP contribution in [0.1, 0.15) is 26.7 Å². The molecule has 0 saturated heterocycles. The van der Waals surface area contributed by atoms with Crippen molar-refractivity contribution in [2.75, 3.05) is 12.4 Å². The van der Waals surface area contributed by atoms with Gasteiger partial charge in [0, 0.05) is 0 Å². The molecule has 0 unspecified atom stereocenters. The van der Waals surface area contributed by atoms with Crippen LogP contribution in [-0.2, 0) is 9.53 Å². The summed E-state index contributed by atoms with van der Waals surface area (Å²) < 4.78 is 5.00. The van der Waals surface area contributed by atoms with Crippen molar-refractivity contribution >= 4 is 17.7 Å². The fourth-order valence-electron chi connectivity index (χ4n) is 1.24. The van der Waals surface area contributed by atoms with Crippen LogP contribution >= 0.6 is 11.8 Å². The molecule has 1 aliphatic heterocycles. The van der Waals surface area contributed by atoms with Gasteiger partial charge < -0.3 is 4.74 Å². The van der Waals surface area contributed by atoms with Gasteiger partial charge in [0.25, 0.3) is 0 Å². The van der Waals surface area contributed by atoms with E-state index in [9.17, 15) is 4.79 Å². The summed E-state index contributed by atoms with van der Waals surface area (Å²) in [5.41, 5.74) is 1.02. The molecule has 3 heteroatoms. The Bertz CT molecular complexity index is 266. The first-order valence-corrected chi connectivity index (χ1v) is 5.91. The van der Waals surface area contributed by atoms with Crippen molar-refractivity contribution in [3.05, 3.63) is 22.6 Å². The lowest BCUT2D eigenvalue weighted by molar-refractivity contribution is -0.137. The van der Waals surface area contributed by atoms with Gasteiger partial charge in [0.2, 0.25) is 0 Å². The smallest absolute Gasteiger partial charge is 0.344 e. The highest BCUT2D eigenvalue weighted by Crippen LogP contribution is 2.25. The fourth-order valence-corrected chi connectivity index (χ4v) is 2.23. The third-order valence-electron chi connectivity index (χ3n) is 1.95. The van der Waals surface area contributed by atoms with Gasteiger partial charge in [-0.05, 0) is 38.0 Å². The Hall–Kier alpha value is -0.700. The molecule has 0 fully saturated rings. The van der Waals surface area contributed by atoms with E-state index >= 15 is 0 Å². The zero-order valence-electron chi connectivity index (χ0n) is 8.71. The van der Waals surface area contributed by atoms with Crippen molar-refractivity contribution in [3.8, 4) is 0 Å². The minimum atomic E-state index is -0.179. The summed E-state index contributed by atoms with van der Waals surface area (Å²) in [5, 5.41) is 0. The first-order chi connectivity index (χ1) is 6.75. The molecule has 0 aromatic heterocycles. The number of ether oxygens (including phenoxy) is 1. The van der Waals surface area contributed by atoms with Gasteiger partial charge in [-0.25, -0.2) is 4.79 Å². The van der Waals surface area contributed by atoms with Crippen LogP contribution in [0.4, 0.5) is 0 Å². The van der Waals surface area contributed by atoms with E-state index < -0.39 is 0 Å². The predicted molar refractivity (Wildman–Crippen MR) is 60.2 cm³/mol. The Labute approximate surface area is 89.4 Å². The second-order valence-electron chi connectivity index (χ2n) is 3.13. The summed E-state index contributed by atoms with van der Waals surface area (Å²) in [6.45, 7) is 4.23. The molecule has 0 aromatic carbocycles. The van der Waals surface area contributed by atoms with Crippen LogP contribution in [0.25, 0.3) is 0 Å². The maximum atomic E-state index is 11.5. The zero-order chi connectivity index (χ0) is 10.4. The van der Waals surface area contributed by atoms with Gasteiger partial charge >= 0.3 is 5.97 Å². The monoisotopic (exact) mass is 212 g/mol. The summed E-state index contributed by atoms with van der Waals surface area (Å²) in [7, 11) is 0. The third kappa shape index (κ3) is 3.22. The van der Waals surface area contributed by atoms with E-state index in [0.29, 0.717) is 6.61 Å². The van der Waals surface area contributed by atoms with Crippen LogP contribution in [0.2, 0.25) is 0 Å².